The molecule has 0 saturated carbocycles. The van der Waals surface area contributed by atoms with Crippen LogP contribution in [0.25, 0.3) is 0 Å². The van der Waals surface area contributed by atoms with Crippen molar-refractivity contribution in [3.05, 3.63) is 53.6 Å². The topological polar surface area (TPSA) is 58.6 Å². The highest BCUT2D eigenvalue weighted by molar-refractivity contribution is 6.03. The number of methoxy groups -OCH3 is 1. The summed E-state index contributed by atoms with van der Waals surface area (Å²) in [6.45, 7) is 0.396. The number of aryl methyl sites for hydroxylation is 1. The first kappa shape index (κ1) is 17.6. The maximum atomic E-state index is 12.8. The van der Waals surface area contributed by atoms with Crippen LogP contribution in [0.15, 0.2) is 42.5 Å². The molecule has 0 aromatic heterocycles. The predicted molar refractivity (Wildman–Crippen MR) is 105 cm³/mol. The molecule has 1 heterocycles. The number of amides is 2. The number of carbonyl (C=O) groups excluding carboxylic acids is 2. The van der Waals surface area contributed by atoms with E-state index in [1.165, 1.54) is 17.5 Å². The van der Waals surface area contributed by atoms with E-state index in [0.29, 0.717) is 12.3 Å². The highest BCUT2D eigenvalue weighted by Crippen LogP contribution is 2.31. The van der Waals surface area contributed by atoms with Crippen LogP contribution in [0.1, 0.15) is 30.4 Å². The van der Waals surface area contributed by atoms with Crippen molar-refractivity contribution in [1.29, 1.82) is 0 Å². The molecule has 0 radical (unpaired) electrons. The van der Waals surface area contributed by atoms with Crippen molar-refractivity contribution in [2.75, 3.05) is 23.9 Å². The van der Waals surface area contributed by atoms with Gasteiger partial charge in [0.1, 0.15) is 5.75 Å². The molecule has 0 spiro atoms. The maximum absolute atomic E-state index is 12.8. The van der Waals surface area contributed by atoms with Crippen molar-refractivity contribution >= 4 is 23.2 Å². The van der Waals surface area contributed by atoms with E-state index >= 15 is 0 Å². The number of ether oxygens (including phenoxy) is 1. The second kappa shape index (κ2) is 7.43. The lowest BCUT2D eigenvalue weighted by Crippen LogP contribution is -2.28. The summed E-state index contributed by atoms with van der Waals surface area (Å²) >= 11 is 0. The predicted octanol–water partition coefficient (Wildman–Crippen LogP) is 3.57. The summed E-state index contributed by atoms with van der Waals surface area (Å²) in [5.41, 5.74) is 4.27. The zero-order valence-electron chi connectivity index (χ0n) is 15.5. The van der Waals surface area contributed by atoms with Gasteiger partial charge in [-0.1, -0.05) is 18.2 Å². The van der Waals surface area contributed by atoms with Crippen LogP contribution in [0.4, 0.5) is 11.4 Å². The Bertz CT molecular complexity index is 878. The third kappa shape index (κ3) is 3.54. The van der Waals surface area contributed by atoms with Gasteiger partial charge in [0.2, 0.25) is 11.8 Å². The van der Waals surface area contributed by atoms with Gasteiger partial charge in [-0.05, 0) is 55.0 Å². The number of hydrogen-bond donors (Lipinski definition) is 1. The Kier molecular flexibility index (Phi) is 4.84. The van der Waals surface area contributed by atoms with Crippen molar-refractivity contribution in [1.82, 2.24) is 0 Å². The molecule has 1 unspecified atom stereocenters. The molecule has 5 nitrogen and oxygen atoms in total. The molecule has 1 atom stereocenters. The molecule has 1 fully saturated rings. The van der Waals surface area contributed by atoms with E-state index in [9.17, 15) is 9.59 Å². The van der Waals surface area contributed by atoms with Crippen molar-refractivity contribution < 1.29 is 14.3 Å². The summed E-state index contributed by atoms with van der Waals surface area (Å²) in [5, 5.41) is 3.08. The summed E-state index contributed by atoms with van der Waals surface area (Å²) in [6, 6.07) is 13.5. The second-order valence-corrected chi connectivity index (χ2v) is 7.25. The van der Waals surface area contributed by atoms with E-state index < -0.39 is 0 Å². The first-order valence-electron chi connectivity index (χ1n) is 9.52. The van der Waals surface area contributed by atoms with E-state index in [1.54, 1.807) is 12.0 Å². The molecule has 2 aliphatic rings. The molecule has 4 rings (SSSR count). The SMILES string of the molecule is COc1cccc(N2CC(C(=O)Nc3cccc4c3CCCC4)CC2=O)c1. The van der Waals surface area contributed by atoms with Gasteiger partial charge in [-0.2, -0.15) is 0 Å². The molecule has 1 saturated heterocycles. The normalized spacial score (nSPS) is 18.9. The lowest BCUT2D eigenvalue weighted by molar-refractivity contribution is -0.122. The van der Waals surface area contributed by atoms with E-state index in [2.05, 4.69) is 11.4 Å². The fourth-order valence-electron chi connectivity index (χ4n) is 4.04. The summed E-state index contributed by atoms with van der Waals surface area (Å²) in [5.74, 6) is 0.249. The average molecular weight is 364 g/mol. The summed E-state index contributed by atoms with van der Waals surface area (Å²) < 4.78 is 5.24. The zero-order chi connectivity index (χ0) is 18.8. The van der Waals surface area contributed by atoms with Crippen LogP contribution in [0, 0.1) is 5.92 Å². The Balaban J connectivity index is 1.48. The lowest BCUT2D eigenvalue weighted by Gasteiger charge is -2.21. The van der Waals surface area contributed by atoms with Gasteiger partial charge < -0.3 is 15.0 Å². The molecule has 0 bridgehead atoms. The number of nitrogens with one attached hydrogen (secondary N) is 1. The molecule has 5 heteroatoms. The van der Waals surface area contributed by atoms with Crippen LogP contribution >= 0.6 is 0 Å². The Hall–Kier alpha value is -2.82. The lowest BCUT2D eigenvalue weighted by atomic mass is 9.90. The van der Waals surface area contributed by atoms with Gasteiger partial charge in [0.05, 0.1) is 13.0 Å². The Morgan fingerprint density at radius 3 is 2.81 bits per heavy atom. The number of hydrogen-bond acceptors (Lipinski definition) is 3. The Morgan fingerprint density at radius 2 is 1.96 bits per heavy atom. The minimum atomic E-state index is -0.344. The Morgan fingerprint density at radius 1 is 1.15 bits per heavy atom. The van der Waals surface area contributed by atoms with Crippen molar-refractivity contribution in [3.8, 4) is 5.75 Å². The van der Waals surface area contributed by atoms with Crippen molar-refractivity contribution in [2.24, 2.45) is 5.92 Å². The number of rotatable bonds is 4. The fraction of sp³-hybridized carbons (Fsp3) is 0.364. The van der Waals surface area contributed by atoms with Gasteiger partial charge in [0.15, 0.2) is 0 Å². The van der Waals surface area contributed by atoms with Crippen LogP contribution in [-0.2, 0) is 22.4 Å². The van der Waals surface area contributed by atoms with Gasteiger partial charge in [0, 0.05) is 30.4 Å². The monoisotopic (exact) mass is 364 g/mol. The number of anilines is 2. The summed E-state index contributed by atoms with van der Waals surface area (Å²) in [4.78, 5) is 27.0. The molecule has 1 aliphatic carbocycles. The smallest absolute Gasteiger partial charge is 0.229 e. The zero-order valence-corrected chi connectivity index (χ0v) is 15.5. The molecule has 2 aromatic carbocycles. The van der Waals surface area contributed by atoms with Gasteiger partial charge >= 0.3 is 0 Å². The minimum absolute atomic E-state index is 0.0292. The number of fused-ring (bicyclic) bond motifs is 1. The van der Waals surface area contributed by atoms with Crippen LogP contribution in [0.3, 0.4) is 0 Å². The summed E-state index contributed by atoms with van der Waals surface area (Å²) in [6.07, 6.45) is 4.68. The molecule has 27 heavy (non-hydrogen) atoms. The molecule has 1 aliphatic heterocycles. The first-order valence-corrected chi connectivity index (χ1v) is 9.52. The maximum Gasteiger partial charge on any atom is 0.229 e. The first-order chi connectivity index (χ1) is 13.2. The third-order valence-corrected chi connectivity index (χ3v) is 5.51. The highest BCUT2D eigenvalue weighted by atomic mass is 16.5. The third-order valence-electron chi connectivity index (χ3n) is 5.51. The molecule has 140 valence electrons. The van der Waals surface area contributed by atoms with Crippen LogP contribution < -0.4 is 15.0 Å². The Labute approximate surface area is 159 Å². The molecular formula is C22H24N2O3. The largest absolute Gasteiger partial charge is 0.497 e. The van der Waals surface area contributed by atoms with Crippen LogP contribution in [-0.4, -0.2) is 25.5 Å². The quantitative estimate of drug-likeness (QED) is 0.902. The van der Waals surface area contributed by atoms with E-state index in [0.717, 1.165) is 30.6 Å². The van der Waals surface area contributed by atoms with E-state index in [1.807, 2.05) is 36.4 Å². The minimum Gasteiger partial charge on any atom is -0.497 e. The van der Waals surface area contributed by atoms with Gasteiger partial charge in [-0.3, -0.25) is 9.59 Å². The van der Waals surface area contributed by atoms with Crippen LogP contribution in [0.2, 0.25) is 0 Å². The van der Waals surface area contributed by atoms with Gasteiger partial charge in [0.25, 0.3) is 0 Å². The molecule has 1 N–H and O–H groups in total. The standard InChI is InChI=1S/C22H24N2O3/c1-27-18-9-5-8-17(13-18)24-14-16(12-21(24)25)22(26)23-20-11-4-7-15-6-2-3-10-19(15)20/h4-5,7-9,11,13,16H,2-3,6,10,12,14H2,1H3,(H,23,26). The van der Waals surface area contributed by atoms with E-state index in [-0.39, 0.29) is 24.2 Å². The fourth-order valence-corrected chi connectivity index (χ4v) is 4.04. The van der Waals surface area contributed by atoms with Crippen molar-refractivity contribution in [2.45, 2.75) is 32.1 Å². The van der Waals surface area contributed by atoms with E-state index in [4.69, 9.17) is 4.74 Å². The summed E-state index contributed by atoms with van der Waals surface area (Å²) in [7, 11) is 1.60. The number of carbonyl (C=O) groups is 2. The second-order valence-electron chi connectivity index (χ2n) is 7.25. The molecule has 2 amide bonds. The van der Waals surface area contributed by atoms with Crippen molar-refractivity contribution in [3.63, 3.8) is 0 Å². The van der Waals surface area contributed by atoms with Gasteiger partial charge in [-0.25, -0.2) is 0 Å². The average Bonchev–Trinajstić information content (AvgIpc) is 3.10. The van der Waals surface area contributed by atoms with Gasteiger partial charge in [-0.15, -0.1) is 0 Å². The molecule has 2 aromatic rings. The molecular weight excluding hydrogens is 340 g/mol. The number of benzene rings is 2. The number of nitrogens with zero attached hydrogens (tertiary/aromatic N) is 1. The van der Waals surface area contributed by atoms with Crippen LogP contribution in [0.5, 0.6) is 5.75 Å². The highest BCUT2D eigenvalue weighted by Gasteiger charge is 2.35.